The Balaban J connectivity index is 1.21. The number of benzene rings is 1. The van der Waals surface area contributed by atoms with Crippen molar-refractivity contribution < 1.29 is 18.7 Å². The van der Waals surface area contributed by atoms with Crippen molar-refractivity contribution in [2.75, 3.05) is 62.0 Å². The SMILES string of the molecule is CCOc1cc(C(=O)N2CCC(N3CCCC3)CC2)ccc1Nc1cc2c(cn1)N(C)C(=O)c1occc1N2C. The minimum absolute atomic E-state index is 0.0424. The van der Waals surface area contributed by atoms with Crippen LogP contribution < -0.4 is 19.9 Å². The highest BCUT2D eigenvalue weighted by Gasteiger charge is 2.31. The quantitative estimate of drug-likeness (QED) is 0.470. The Hall–Kier alpha value is -4.05. The number of hydrogen-bond donors (Lipinski definition) is 1. The van der Waals surface area contributed by atoms with E-state index in [1.54, 1.807) is 19.3 Å². The van der Waals surface area contributed by atoms with E-state index in [4.69, 9.17) is 9.15 Å². The fourth-order valence-corrected chi connectivity index (χ4v) is 6.05. The van der Waals surface area contributed by atoms with E-state index in [0.717, 1.165) is 31.6 Å². The van der Waals surface area contributed by atoms with Crippen molar-refractivity contribution in [3.8, 4) is 5.75 Å². The van der Waals surface area contributed by atoms with Gasteiger partial charge in [-0.25, -0.2) is 4.98 Å². The van der Waals surface area contributed by atoms with E-state index in [1.807, 2.05) is 48.0 Å². The molecule has 3 aliphatic heterocycles. The average Bonchev–Trinajstić information content (AvgIpc) is 3.69. The van der Waals surface area contributed by atoms with Gasteiger partial charge in [0.05, 0.1) is 41.8 Å². The molecule has 6 rings (SSSR count). The number of nitrogens with zero attached hydrogens (tertiary/aromatic N) is 5. The molecular weight excluding hydrogens is 508 g/mol. The van der Waals surface area contributed by atoms with Gasteiger partial charge in [-0.05, 0) is 63.9 Å². The van der Waals surface area contributed by atoms with Crippen LogP contribution in [0.4, 0.5) is 28.6 Å². The molecule has 0 spiro atoms. The van der Waals surface area contributed by atoms with E-state index in [9.17, 15) is 9.59 Å². The lowest BCUT2D eigenvalue weighted by atomic mass is 10.0. The summed E-state index contributed by atoms with van der Waals surface area (Å²) in [7, 11) is 3.60. The molecule has 2 aromatic heterocycles. The number of likely N-dealkylation sites (tertiary alicyclic amines) is 2. The summed E-state index contributed by atoms with van der Waals surface area (Å²) in [6, 6.07) is 9.81. The number of furan rings is 1. The van der Waals surface area contributed by atoms with Crippen molar-refractivity contribution >= 4 is 40.4 Å². The number of carbonyl (C=O) groups excluding carboxylic acids is 2. The number of amides is 2. The zero-order valence-electron chi connectivity index (χ0n) is 23.4. The fraction of sp³-hybridized carbons (Fsp3) is 0.433. The van der Waals surface area contributed by atoms with Crippen LogP contribution in [0.5, 0.6) is 5.75 Å². The van der Waals surface area contributed by atoms with Crippen LogP contribution in [0, 0.1) is 0 Å². The molecule has 0 atom stereocenters. The van der Waals surface area contributed by atoms with E-state index < -0.39 is 0 Å². The first-order valence-electron chi connectivity index (χ1n) is 14.1. The molecule has 2 fully saturated rings. The maximum atomic E-state index is 13.4. The van der Waals surface area contributed by atoms with Gasteiger partial charge in [-0.1, -0.05) is 0 Å². The van der Waals surface area contributed by atoms with E-state index in [-0.39, 0.29) is 17.6 Å². The van der Waals surface area contributed by atoms with Gasteiger partial charge in [-0.3, -0.25) is 9.59 Å². The van der Waals surface area contributed by atoms with E-state index in [2.05, 4.69) is 15.2 Å². The van der Waals surface area contributed by atoms with Crippen LogP contribution in [0.3, 0.4) is 0 Å². The van der Waals surface area contributed by atoms with Crippen molar-refractivity contribution in [1.29, 1.82) is 0 Å². The van der Waals surface area contributed by atoms with Crippen molar-refractivity contribution in [1.82, 2.24) is 14.8 Å². The first-order valence-corrected chi connectivity index (χ1v) is 14.1. The van der Waals surface area contributed by atoms with Crippen molar-refractivity contribution in [3.05, 3.63) is 54.1 Å². The predicted molar refractivity (Wildman–Crippen MR) is 154 cm³/mol. The van der Waals surface area contributed by atoms with Gasteiger partial charge in [0.15, 0.2) is 0 Å². The summed E-state index contributed by atoms with van der Waals surface area (Å²) in [4.78, 5) is 38.9. The predicted octanol–water partition coefficient (Wildman–Crippen LogP) is 4.88. The number of pyridine rings is 1. The van der Waals surface area contributed by atoms with Crippen LogP contribution in [0.25, 0.3) is 0 Å². The summed E-state index contributed by atoms with van der Waals surface area (Å²) < 4.78 is 11.4. The lowest BCUT2D eigenvalue weighted by Gasteiger charge is -2.36. The van der Waals surface area contributed by atoms with E-state index >= 15 is 0 Å². The summed E-state index contributed by atoms with van der Waals surface area (Å²) in [6.45, 7) is 6.34. The molecule has 1 aromatic carbocycles. The lowest BCUT2D eigenvalue weighted by molar-refractivity contribution is 0.0644. The Labute approximate surface area is 234 Å². The molecule has 10 heteroatoms. The average molecular weight is 545 g/mol. The molecule has 10 nitrogen and oxygen atoms in total. The smallest absolute Gasteiger partial charge is 0.296 e. The summed E-state index contributed by atoms with van der Waals surface area (Å²) in [5.41, 5.74) is 3.49. The topological polar surface area (TPSA) is 94.4 Å². The Morgan fingerprint density at radius 1 is 1.02 bits per heavy atom. The van der Waals surface area contributed by atoms with Crippen molar-refractivity contribution in [2.45, 2.75) is 38.6 Å². The van der Waals surface area contributed by atoms with Gasteiger partial charge in [0.1, 0.15) is 11.6 Å². The van der Waals surface area contributed by atoms with Gasteiger partial charge in [0.2, 0.25) is 5.76 Å². The number of hydrogen-bond acceptors (Lipinski definition) is 8. The number of fused-ring (bicyclic) bond motifs is 2. The van der Waals surface area contributed by atoms with Crippen molar-refractivity contribution in [2.24, 2.45) is 0 Å². The maximum Gasteiger partial charge on any atom is 0.296 e. The molecule has 3 aromatic rings. The number of anilines is 5. The minimum Gasteiger partial charge on any atom is -0.492 e. The molecule has 0 radical (unpaired) electrons. The third-order valence-corrected chi connectivity index (χ3v) is 8.29. The van der Waals surface area contributed by atoms with E-state index in [1.165, 1.54) is 37.1 Å². The van der Waals surface area contributed by atoms with Gasteiger partial charge in [-0.15, -0.1) is 0 Å². The van der Waals surface area contributed by atoms with Crippen LogP contribution in [-0.2, 0) is 0 Å². The summed E-state index contributed by atoms with van der Waals surface area (Å²) >= 11 is 0. The maximum absolute atomic E-state index is 13.4. The third-order valence-electron chi connectivity index (χ3n) is 8.29. The normalized spacial score (nSPS) is 18.0. The molecule has 1 N–H and O–H groups in total. The zero-order chi connectivity index (χ0) is 27.8. The Morgan fingerprint density at radius 2 is 1.80 bits per heavy atom. The molecule has 3 aliphatic rings. The number of rotatable bonds is 6. The van der Waals surface area contributed by atoms with Gasteiger partial charge < -0.3 is 34.1 Å². The highest BCUT2D eigenvalue weighted by atomic mass is 16.5. The summed E-state index contributed by atoms with van der Waals surface area (Å²) in [5, 5.41) is 3.35. The zero-order valence-corrected chi connectivity index (χ0v) is 23.4. The molecule has 0 aliphatic carbocycles. The van der Waals surface area contributed by atoms with Gasteiger partial charge in [0.25, 0.3) is 11.8 Å². The molecule has 5 heterocycles. The van der Waals surface area contributed by atoms with Gasteiger partial charge in [-0.2, -0.15) is 0 Å². The van der Waals surface area contributed by atoms with Gasteiger partial charge in [0, 0.05) is 50.9 Å². The molecule has 0 saturated carbocycles. The molecule has 2 saturated heterocycles. The second kappa shape index (κ2) is 10.8. The summed E-state index contributed by atoms with van der Waals surface area (Å²) in [6.07, 6.45) is 7.83. The Bertz CT molecular complexity index is 1410. The highest BCUT2D eigenvalue weighted by Crippen LogP contribution is 2.41. The highest BCUT2D eigenvalue weighted by molar-refractivity contribution is 6.11. The van der Waals surface area contributed by atoms with Gasteiger partial charge >= 0.3 is 0 Å². The van der Waals surface area contributed by atoms with Crippen LogP contribution in [-0.4, -0.2) is 79.5 Å². The Kier molecular flexibility index (Phi) is 7.10. The number of ether oxygens (including phenoxy) is 1. The molecule has 0 bridgehead atoms. The number of aromatic nitrogens is 1. The van der Waals surface area contributed by atoms with Crippen LogP contribution in [0.15, 0.2) is 47.2 Å². The number of nitrogens with one attached hydrogen (secondary N) is 1. The molecule has 40 heavy (non-hydrogen) atoms. The van der Waals surface area contributed by atoms with Crippen LogP contribution in [0.2, 0.25) is 0 Å². The minimum atomic E-state index is -0.229. The number of piperidine rings is 1. The second-order valence-electron chi connectivity index (χ2n) is 10.7. The third kappa shape index (κ3) is 4.77. The molecular formula is C30H36N6O4. The van der Waals surface area contributed by atoms with Crippen molar-refractivity contribution in [3.63, 3.8) is 0 Å². The van der Waals surface area contributed by atoms with Crippen LogP contribution >= 0.6 is 0 Å². The Morgan fingerprint density at radius 3 is 2.55 bits per heavy atom. The second-order valence-corrected chi connectivity index (χ2v) is 10.7. The lowest BCUT2D eigenvalue weighted by Crippen LogP contribution is -2.45. The largest absolute Gasteiger partial charge is 0.492 e. The monoisotopic (exact) mass is 544 g/mol. The first-order chi connectivity index (χ1) is 19.4. The summed E-state index contributed by atoms with van der Waals surface area (Å²) in [5.74, 6) is 1.28. The molecule has 2 amide bonds. The fourth-order valence-electron chi connectivity index (χ4n) is 6.05. The van der Waals surface area contributed by atoms with E-state index in [0.29, 0.717) is 46.8 Å². The number of carbonyl (C=O) groups is 2. The molecule has 210 valence electrons. The first kappa shape index (κ1) is 26.2. The molecule has 0 unspecified atom stereocenters. The standard InChI is InChI=1S/C30H36N6O4/c1-4-39-26-17-20(29(37)36-14-9-21(10-15-36)35-12-5-6-13-35)7-8-22(26)32-27-18-24-25(19-31-27)34(3)30(38)28-23(33(24)2)11-16-40-28/h7-8,11,16-19,21H,4-6,9-10,12-15H2,1-3H3,(H,31,32). The van der Waals surface area contributed by atoms with Crippen LogP contribution in [0.1, 0.15) is 53.5 Å².